The maximum Gasteiger partial charge on any atom is 0.349 e. The van der Waals surface area contributed by atoms with Gasteiger partial charge in [-0.3, -0.25) is 0 Å². The third-order valence-corrected chi connectivity index (χ3v) is 4.01. The predicted octanol–water partition coefficient (Wildman–Crippen LogP) is 3.67. The fraction of sp³-hybridized carbons (Fsp3) is 0.105. The van der Waals surface area contributed by atoms with Crippen LogP contribution in [0, 0.1) is 5.82 Å². The Hall–Kier alpha value is -3.68. The highest BCUT2D eigenvalue weighted by Gasteiger charge is 2.18. The molecular formula is C19H13FN2O5. The summed E-state index contributed by atoms with van der Waals surface area (Å²) in [5.74, 6) is 0.0951. The van der Waals surface area contributed by atoms with Crippen molar-refractivity contribution in [2.24, 2.45) is 0 Å². The van der Waals surface area contributed by atoms with Gasteiger partial charge in [0.25, 0.3) is 5.89 Å². The van der Waals surface area contributed by atoms with E-state index in [1.54, 1.807) is 30.3 Å². The van der Waals surface area contributed by atoms with Crippen LogP contribution in [0.1, 0.15) is 0 Å². The van der Waals surface area contributed by atoms with Crippen LogP contribution in [0.3, 0.4) is 0 Å². The zero-order valence-corrected chi connectivity index (χ0v) is 14.4. The number of fused-ring (bicyclic) bond motifs is 1. The van der Waals surface area contributed by atoms with Crippen molar-refractivity contribution in [1.29, 1.82) is 0 Å². The number of hydrogen-bond acceptors (Lipinski definition) is 7. The molecule has 2 heterocycles. The molecule has 0 fully saturated rings. The normalized spacial score (nSPS) is 10.9. The summed E-state index contributed by atoms with van der Waals surface area (Å²) >= 11 is 0. The van der Waals surface area contributed by atoms with Crippen LogP contribution in [0.5, 0.6) is 11.5 Å². The summed E-state index contributed by atoms with van der Waals surface area (Å²) in [6.07, 6.45) is 0. The van der Waals surface area contributed by atoms with Crippen LogP contribution in [-0.4, -0.2) is 24.4 Å². The molecule has 27 heavy (non-hydrogen) atoms. The van der Waals surface area contributed by atoms with E-state index in [4.69, 9.17) is 18.4 Å². The van der Waals surface area contributed by atoms with Crippen molar-refractivity contribution in [3.63, 3.8) is 0 Å². The van der Waals surface area contributed by atoms with Gasteiger partial charge in [0.05, 0.1) is 14.2 Å². The Bertz CT molecular complexity index is 1200. The van der Waals surface area contributed by atoms with E-state index in [0.29, 0.717) is 22.3 Å². The van der Waals surface area contributed by atoms with Crippen LogP contribution in [0.2, 0.25) is 0 Å². The average molecular weight is 368 g/mol. The van der Waals surface area contributed by atoms with Crippen molar-refractivity contribution in [2.45, 2.75) is 0 Å². The summed E-state index contributed by atoms with van der Waals surface area (Å²) in [6.45, 7) is 0. The molecular weight excluding hydrogens is 355 g/mol. The average Bonchev–Trinajstić information content (AvgIpc) is 3.17. The van der Waals surface area contributed by atoms with Gasteiger partial charge < -0.3 is 18.4 Å². The summed E-state index contributed by atoms with van der Waals surface area (Å²) in [5, 5.41) is 4.45. The second-order valence-electron chi connectivity index (χ2n) is 5.60. The summed E-state index contributed by atoms with van der Waals surface area (Å²) < 4.78 is 34.5. The molecule has 0 bridgehead atoms. The zero-order chi connectivity index (χ0) is 19.0. The van der Waals surface area contributed by atoms with Gasteiger partial charge in [0.15, 0.2) is 22.9 Å². The molecule has 0 N–H and O–H groups in total. The number of ether oxygens (including phenoxy) is 2. The molecule has 7 nitrogen and oxygen atoms in total. The fourth-order valence-electron chi connectivity index (χ4n) is 2.68. The monoisotopic (exact) mass is 368 g/mol. The van der Waals surface area contributed by atoms with E-state index < -0.39 is 11.4 Å². The first kappa shape index (κ1) is 16.8. The number of aromatic nitrogens is 2. The summed E-state index contributed by atoms with van der Waals surface area (Å²) in [4.78, 5) is 16.5. The Morgan fingerprint density at radius 3 is 2.59 bits per heavy atom. The van der Waals surface area contributed by atoms with Crippen LogP contribution in [-0.2, 0) is 0 Å². The van der Waals surface area contributed by atoms with Gasteiger partial charge in [-0.05, 0) is 30.3 Å². The number of rotatable bonds is 4. The third-order valence-electron chi connectivity index (χ3n) is 4.01. The molecule has 8 heteroatoms. The Morgan fingerprint density at radius 1 is 1.04 bits per heavy atom. The molecule has 4 rings (SSSR count). The lowest BCUT2D eigenvalue weighted by Crippen LogP contribution is -2.03. The highest BCUT2D eigenvalue weighted by molar-refractivity contribution is 5.85. The predicted molar refractivity (Wildman–Crippen MR) is 94.3 cm³/mol. The van der Waals surface area contributed by atoms with E-state index in [-0.39, 0.29) is 23.0 Å². The summed E-state index contributed by atoms with van der Waals surface area (Å²) in [6, 6.07) is 11.1. The van der Waals surface area contributed by atoms with Crippen LogP contribution >= 0.6 is 0 Å². The minimum Gasteiger partial charge on any atom is -0.494 e. The van der Waals surface area contributed by atoms with Crippen molar-refractivity contribution < 1.29 is 22.8 Å². The van der Waals surface area contributed by atoms with E-state index in [9.17, 15) is 9.18 Å². The lowest BCUT2D eigenvalue weighted by Gasteiger charge is -2.03. The van der Waals surface area contributed by atoms with Gasteiger partial charge in [-0.1, -0.05) is 17.3 Å². The Labute approximate surface area is 152 Å². The number of benzene rings is 2. The number of hydrogen-bond donors (Lipinski definition) is 0. The Morgan fingerprint density at radius 2 is 1.85 bits per heavy atom. The van der Waals surface area contributed by atoms with E-state index in [1.165, 1.54) is 26.4 Å². The van der Waals surface area contributed by atoms with Crippen molar-refractivity contribution in [3.8, 4) is 34.3 Å². The van der Waals surface area contributed by atoms with Crippen molar-refractivity contribution in [3.05, 3.63) is 58.7 Å². The van der Waals surface area contributed by atoms with E-state index >= 15 is 0 Å². The second-order valence-corrected chi connectivity index (χ2v) is 5.60. The maximum atomic E-state index is 13.9. The number of halogens is 1. The zero-order valence-electron chi connectivity index (χ0n) is 14.4. The van der Waals surface area contributed by atoms with E-state index in [1.807, 2.05) is 0 Å². The number of methoxy groups -OCH3 is 2. The van der Waals surface area contributed by atoms with Crippen LogP contribution < -0.4 is 15.1 Å². The van der Waals surface area contributed by atoms with E-state index in [0.717, 1.165) is 0 Å². The Kier molecular flexibility index (Phi) is 4.08. The summed E-state index contributed by atoms with van der Waals surface area (Å²) in [5.41, 5.74) is 0.160. The third kappa shape index (κ3) is 2.91. The molecule has 136 valence electrons. The van der Waals surface area contributed by atoms with Gasteiger partial charge in [0.1, 0.15) is 5.56 Å². The number of para-hydroxylation sites is 1. The molecule has 2 aromatic heterocycles. The second kappa shape index (κ2) is 6.56. The highest BCUT2D eigenvalue weighted by Crippen LogP contribution is 2.28. The molecule has 0 aliphatic heterocycles. The van der Waals surface area contributed by atoms with Gasteiger partial charge >= 0.3 is 5.63 Å². The van der Waals surface area contributed by atoms with Crippen molar-refractivity contribution in [1.82, 2.24) is 10.1 Å². The molecule has 0 amide bonds. The smallest absolute Gasteiger partial charge is 0.349 e. The molecule has 0 aliphatic carbocycles. The maximum absolute atomic E-state index is 13.9. The van der Waals surface area contributed by atoms with E-state index in [2.05, 4.69) is 10.1 Å². The quantitative estimate of drug-likeness (QED) is 0.508. The van der Waals surface area contributed by atoms with Crippen LogP contribution in [0.25, 0.3) is 33.8 Å². The topological polar surface area (TPSA) is 87.6 Å². The first-order chi connectivity index (χ1) is 13.1. The molecule has 2 aromatic carbocycles. The SMILES string of the molecule is COc1ccc(-c2noc(-c3cc4cccc(OC)c4oc3=O)n2)cc1F. The molecule has 0 atom stereocenters. The lowest BCUT2D eigenvalue weighted by atomic mass is 10.1. The fourth-order valence-corrected chi connectivity index (χ4v) is 2.68. The molecule has 0 spiro atoms. The lowest BCUT2D eigenvalue weighted by molar-refractivity contribution is 0.386. The molecule has 0 unspecified atom stereocenters. The standard InChI is InChI=1S/C19H13FN2O5/c1-24-14-7-6-11(9-13(14)20)17-21-18(27-22-17)12-8-10-4-3-5-15(25-2)16(10)26-19(12)23/h3-9H,1-2H3. The van der Waals surface area contributed by atoms with Crippen LogP contribution in [0.4, 0.5) is 4.39 Å². The number of nitrogens with zero attached hydrogens (tertiary/aromatic N) is 2. The minimum atomic E-state index is -0.650. The van der Waals surface area contributed by atoms with Gasteiger partial charge in [-0.15, -0.1) is 0 Å². The van der Waals surface area contributed by atoms with Crippen molar-refractivity contribution in [2.75, 3.05) is 14.2 Å². The summed E-state index contributed by atoms with van der Waals surface area (Å²) in [7, 11) is 2.86. The minimum absolute atomic E-state index is 0.0281. The molecule has 4 aromatic rings. The largest absolute Gasteiger partial charge is 0.494 e. The first-order valence-electron chi connectivity index (χ1n) is 7.89. The first-order valence-corrected chi connectivity index (χ1v) is 7.89. The molecule has 0 radical (unpaired) electrons. The molecule has 0 aliphatic rings. The molecule has 0 saturated carbocycles. The highest BCUT2D eigenvalue weighted by atomic mass is 19.1. The molecule has 0 saturated heterocycles. The van der Waals surface area contributed by atoms with Crippen LogP contribution in [0.15, 0.2) is 56.2 Å². The van der Waals surface area contributed by atoms with Gasteiger partial charge in [0.2, 0.25) is 5.82 Å². The van der Waals surface area contributed by atoms with Crippen molar-refractivity contribution >= 4 is 11.0 Å². The van der Waals surface area contributed by atoms with Gasteiger partial charge in [-0.25, -0.2) is 9.18 Å². The van der Waals surface area contributed by atoms with Gasteiger partial charge in [-0.2, -0.15) is 4.98 Å². The van der Waals surface area contributed by atoms with Gasteiger partial charge in [0, 0.05) is 10.9 Å². The Balaban J connectivity index is 1.78.